The number of fused-ring (bicyclic) bond motifs is 1. The Morgan fingerprint density at radius 3 is 2.80 bits per heavy atom. The van der Waals surface area contributed by atoms with Crippen LogP contribution < -0.4 is 4.90 Å². The molecule has 2 heterocycles. The van der Waals surface area contributed by atoms with E-state index in [2.05, 4.69) is 16.0 Å². The first-order chi connectivity index (χ1) is 9.75. The third kappa shape index (κ3) is 2.54. The molecular weight excluding hydrogens is 270 g/mol. The van der Waals surface area contributed by atoms with Crippen molar-refractivity contribution in [2.75, 3.05) is 11.4 Å². The summed E-state index contributed by atoms with van der Waals surface area (Å²) in [6.07, 6.45) is 4.32. The molecule has 5 heteroatoms. The molecule has 4 nitrogen and oxygen atoms in total. The minimum atomic E-state index is -0.191. The van der Waals surface area contributed by atoms with Crippen LogP contribution in [-0.4, -0.2) is 27.7 Å². The van der Waals surface area contributed by atoms with Crippen molar-refractivity contribution in [3.05, 3.63) is 48.3 Å². The van der Waals surface area contributed by atoms with Gasteiger partial charge in [0.2, 0.25) is 5.91 Å². The summed E-state index contributed by atoms with van der Waals surface area (Å²) in [4.78, 5) is 22.7. The molecular formula is C15H15N3OS. The molecule has 0 spiro atoms. The zero-order valence-electron chi connectivity index (χ0n) is 11.2. The van der Waals surface area contributed by atoms with Gasteiger partial charge in [-0.3, -0.25) is 4.79 Å². The molecule has 0 aliphatic carbocycles. The highest BCUT2D eigenvalue weighted by Crippen LogP contribution is 2.30. The molecule has 1 aromatic carbocycles. The Morgan fingerprint density at radius 2 is 2.00 bits per heavy atom. The Balaban J connectivity index is 1.74. The van der Waals surface area contributed by atoms with Gasteiger partial charge < -0.3 is 4.90 Å². The summed E-state index contributed by atoms with van der Waals surface area (Å²) in [6, 6.07) is 9.86. The van der Waals surface area contributed by atoms with Crippen LogP contribution in [0.5, 0.6) is 0 Å². The number of amides is 1. The molecule has 0 saturated carbocycles. The topological polar surface area (TPSA) is 46.1 Å². The van der Waals surface area contributed by atoms with Crippen LogP contribution in [0.15, 0.2) is 47.9 Å². The molecule has 0 bridgehead atoms. The maximum atomic E-state index is 12.6. The molecule has 0 N–H and O–H groups in total. The van der Waals surface area contributed by atoms with E-state index in [1.807, 2.05) is 30.0 Å². The van der Waals surface area contributed by atoms with E-state index in [1.165, 1.54) is 17.3 Å². The highest BCUT2D eigenvalue weighted by Gasteiger charge is 2.28. The van der Waals surface area contributed by atoms with Gasteiger partial charge in [-0.05, 0) is 31.0 Å². The van der Waals surface area contributed by atoms with Gasteiger partial charge >= 0.3 is 0 Å². The summed E-state index contributed by atoms with van der Waals surface area (Å²) in [5.41, 5.74) is 2.29. The van der Waals surface area contributed by atoms with Crippen molar-refractivity contribution in [2.24, 2.45) is 0 Å². The number of carbonyl (C=O) groups is 1. The van der Waals surface area contributed by atoms with Gasteiger partial charge in [-0.15, -0.1) is 0 Å². The number of thioether (sulfide) groups is 1. The molecule has 20 heavy (non-hydrogen) atoms. The highest BCUT2D eigenvalue weighted by atomic mass is 32.2. The zero-order chi connectivity index (χ0) is 13.9. The van der Waals surface area contributed by atoms with Crippen LogP contribution in [0.3, 0.4) is 0 Å². The fourth-order valence-electron chi connectivity index (χ4n) is 2.34. The van der Waals surface area contributed by atoms with Crippen molar-refractivity contribution in [1.29, 1.82) is 0 Å². The standard InChI is InChI=1S/C15H15N3OS/c1-11(20-15-16-8-4-9-17-15)14(19)18-10-7-12-5-2-3-6-13(12)18/h2-6,8-9,11H,7,10H2,1H3/t11-/m0/s1. The van der Waals surface area contributed by atoms with E-state index in [1.54, 1.807) is 18.5 Å². The van der Waals surface area contributed by atoms with Crippen LogP contribution >= 0.6 is 11.8 Å². The summed E-state index contributed by atoms with van der Waals surface area (Å²) < 4.78 is 0. The van der Waals surface area contributed by atoms with Crippen LogP contribution in [0, 0.1) is 0 Å². The number of carbonyl (C=O) groups excluding carboxylic acids is 1. The smallest absolute Gasteiger partial charge is 0.240 e. The number of nitrogens with zero attached hydrogens (tertiary/aromatic N) is 3. The Hall–Kier alpha value is -1.88. The van der Waals surface area contributed by atoms with Gasteiger partial charge in [0.15, 0.2) is 5.16 Å². The molecule has 1 aliphatic heterocycles. The van der Waals surface area contributed by atoms with Gasteiger partial charge in [0, 0.05) is 24.6 Å². The minimum Gasteiger partial charge on any atom is -0.311 e. The SMILES string of the molecule is C[C@H](Sc1ncccn1)C(=O)N1CCc2ccccc21. The van der Waals surface area contributed by atoms with Crippen molar-refractivity contribution in [2.45, 2.75) is 23.8 Å². The Morgan fingerprint density at radius 1 is 1.25 bits per heavy atom. The molecule has 0 radical (unpaired) electrons. The van der Waals surface area contributed by atoms with E-state index in [0.29, 0.717) is 5.16 Å². The molecule has 0 saturated heterocycles. The lowest BCUT2D eigenvalue weighted by Crippen LogP contribution is -2.35. The predicted molar refractivity (Wildman–Crippen MR) is 79.9 cm³/mol. The second-order valence-electron chi connectivity index (χ2n) is 4.66. The van der Waals surface area contributed by atoms with Crippen LogP contribution in [0.4, 0.5) is 5.69 Å². The second kappa shape index (κ2) is 5.63. The van der Waals surface area contributed by atoms with Gasteiger partial charge in [0.1, 0.15) is 0 Å². The largest absolute Gasteiger partial charge is 0.311 e. The van der Waals surface area contributed by atoms with Crippen molar-refractivity contribution in [1.82, 2.24) is 9.97 Å². The number of benzene rings is 1. The van der Waals surface area contributed by atoms with E-state index < -0.39 is 0 Å². The van der Waals surface area contributed by atoms with Gasteiger partial charge in [-0.2, -0.15) is 0 Å². The molecule has 1 aliphatic rings. The first-order valence-electron chi connectivity index (χ1n) is 6.58. The summed E-state index contributed by atoms with van der Waals surface area (Å²) in [5.74, 6) is 0.118. The second-order valence-corrected chi connectivity index (χ2v) is 5.97. The number of anilines is 1. The highest BCUT2D eigenvalue weighted by molar-refractivity contribution is 8.00. The monoisotopic (exact) mass is 285 g/mol. The molecule has 1 atom stereocenters. The average molecular weight is 285 g/mol. The quantitative estimate of drug-likeness (QED) is 0.642. The first-order valence-corrected chi connectivity index (χ1v) is 7.46. The van der Waals surface area contributed by atoms with E-state index >= 15 is 0 Å². The maximum absolute atomic E-state index is 12.6. The molecule has 1 amide bonds. The summed E-state index contributed by atoms with van der Waals surface area (Å²) in [7, 11) is 0. The summed E-state index contributed by atoms with van der Waals surface area (Å²) in [5, 5.41) is 0.449. The van der Waals surface area contributed by atoms with Crippen molar-refractivity contribution in [3.8, 4) is 0 Å². The molecule has 0 unspecified atom stereocenters. The first kappa shape index (κ1) is 13.1. The number of aromatic nitrogens is 2. The van der Waals surface area contributed by atoms with E-state index in [9.17, 15) is 4.79 Å². The van der Waals surface area contributed by atoms with Crippen LogP contribution in [0.25, 0.3) is 0 Å². The van der Waals surface area contributed by atoms with Gasteiger partial charge in [-0.25, -0.2) is 9.97 Å². The molecule has 102 valence electrons. The van der Waals surface area contributed by atoms with Crippen molar-refractivity contribution < 1.29 is 4.79 Å². The van der Waals surface area contributed by atoms with E-state index in [0.717, 1.165) is 18.7 Å². The third-order valence-electron chi connectivity index (χ3n) is 3.33. The van der Waals surface area contributed by atoms with Crippen molar-refractivity contribution >= 4 is 23.4 Å². The lowest BCUT2D eigenvalue weighted by Gasteiger charge is -2.20. The lowest BCUT2D eigenvalue weighted by molar-refractivity contribution is -0.117. The fraction of sp³-hybridized carbons (Fsp3) is 0.267. The fourth-order valence-corrected chi connectivity index (χ4v) is 3.13. The molecule has 1 aromatic heterocycles. The maximum Gasteiger partial charge on any atom is 0.240 e. The Labute approximate surface area is 122 Å². The number of rotatable bonds is 3. The Kier molecular flexibility index (Phi) is 3.69. The van der Waals surface area contributed by atoms with E-state index in [-0.39, 0.29) is 11.2 Å². The Bertz CT molecular complexity index is 618. The van der Waals surface area contributed by atoms with E-state index in [4.69, 9.17) is 0 Å². The number of para-hydroxylation sites is 1. The third-order valence-corrected chi connectivity index (χ3v) is 4.30. The number of hydrogen-bond acceptors (Lipinski definition) is 4. The zero-order valence-corrected chi connectivity index (χ0v) is 12.0. The molecule has 0 fully saturated rings. The minimum absolute atomic E-state index is 0.118. The van der Waals surface area contributed by atoms with Crippen LogP contribution in [0.2, 0.25) is 0 Å². The lowest BCUT2D eigenvalue weighted by atomic mass is 10.2. The van der Waals surface area contributed by atoms with Gasteiger partial charge in [0.25, 0.3) is 0 Å². The van der Waals surface area contributed by atoms with Gasteiger partial charge in [0.05, 0.1) is 5.25 Å². The molecule has 3 rings (SSSR count). The van der Waals surface area contributed by atoms with Gasteiger partial charge in [-0.1, -0.05) is 30.0 Å². The summed E-state index contributed by atoms with van der Waals surface area (Å²) in [6.45, 7) is 2.67. The predicted octanol–water partition coefficient (Wildman–Crippen LogP) is 2.55. The normalized spacial score (nSPS) is 14.9. The molecule has 2 aromatic rings. The van der Waals surface area contributed by atoms with Crippen LogP contribution in [0.1, 0.15) is 12.5 Å². The number of hydrogen-bond donors (Lipinski definition) is 0. The average Bonchev–Trinajstić information content (AvgIpc) is 2.91. The summed E-state index contributed by atoms with van der Waals surface area (Å²) >= 11 is 1.40. The van der Waals surface area contributed by atoms with Crippen molar-refractivity contribution in [3.63, 3.8) is 0 Å². The van der Waals surface area contributed by atoms with Crippen LogP contribution in [-0.2, 0) is 11.2 Å².